The average molecular weight is 341 g/mol. The fourth-order valence-electron chi connectivity index (χ4n) is 2.32. The monoisotopic (exact) mass is 341 g/mol. The standard InChI is InChI=1S/C16H23NO5S/c1-12-6-5-8-15(10-12)23(19,20)17-16(18)13(2)22-11-14-7-3-4-9-21-14/h5-6,8,10,13-14H,3-4,7,9,11H2,1-2H3,(H,17,18). The molecule has 0 aliphatic carbocycles. The summed E-state index contributed by atoms with van der Waals surface area (Å²) in [6.45, 7) is 4.32. The van der Waals surface area contributed by atoms with Gasteiger partial charge < -0.3 is 9.47 Å². The second-order valence-corrected chi connectivity index (χ2v) is 7.43. The minimum absolute atomic E-state index is 0.0209. The number of sulfonamides is 1. The summed E-state index contributed by atoms with van der Waals surface area (Å²) in [7, 11) is -3.88. The maximum atomic E-state index is 12.2. The number of rotatable bonds is 6. The van der Waals surface area contributed by atoms with Gasteiger partial charge in [-0.3, -0.25) is 4.79 Å². The van der Waals surface area contributed by atoms with Gasteiger partial charge in [0, 0.05) is 6.61 Å². The van der Waals surface area contributed by atoms with Crippen LogP contribution >= 0.6 is 0 Å². The largest absolute Gasteiger partial charge is 0.376 e. The zero-order chi connectivity index (χ0) is 16.9. The molecule has 0 bridgehead atoms. The van der Waals surface area contributed by atoms with Crippen molar-refractivity contribution >= 4 is 15.9 Å². The minimum Gasteiger partial charge on any atom is -0.376 e. The first-order valence-electron chi connectivity index (χ1n) is 7.75. The number of carbonyl (C=O) groups is 1. The second kappa shape index (κ2) is 7.90. The molecule has 1 saturated heterocycles. The van der Waals surface area contributed by atoms with Crippen LogP contribution in [0.3, 0.4) is 0 Å². The quantitative estimate of drug-likeness (QED) is 0.853. The van der Waals surface area contributed by atoms with E-state index in [9.17, 15) is 13.2 Å². The molecule has 0 spiro atoms. The van der Waals surface area contributed by atoms with Crippen molar-refractivity contribution in [3.8, 4) is 0 Å². The normalized spacial score (nSPS) is 20.0. The van der Waals surface area contributed by atoms with Crippen molar-refractivity contribution in [2.75, 3.05) is 13.2 Å². The molecule has 7 heteroatoms. The van der Waals surface area contributed by atoms with Gasteiger partial charge in [0.15, 0.2) is 0 Å². The van der Waals surface area contributed by atoms with E-state index in [0.29, 0.717) is 13.2 Å². The number of ether oxygens (including phenoxy) is 2. The van der Waals surface area contributed by atoms with Crippen molar-refractivity contribution in [3.05, 3.63) is 29.8 Å². The molecule has 1 aromatic rings. The number of benzene rings is 1. The van der Waals surface area contributed by atoms with Crippen LogP contribution in [0, 0.1) is 6.92 Å². The summed E-state index contributed by atoms with van der Waals surface area (Å²) in [6, 6.07) is 6.38. The summed E-state index contributed by atoms with van der Waals surface area (Å²) in [4.78, 5) is 12.1. The number of hydrogen-bond acceptors (Lipinski definition) is 5. The van der Waals surface area contributed by atoms with Crippen molar-refractivity contribution in [1.82, 2.24) is 4.72 Å². The first kappa shape index (κ1) is 17.9. The Morgan fingerprint density at radius 2 is 2.22 bits per heavy atom. The lowest BCUT2D eigenvalue weighted by atomic mass is 10.1. The zero-order valence-corrected chi connectivity index (χ0v) is 14.3. The molecule has 1 aromatic carbocycles. The summed E-state index contributed by atoms with van der Waals surface area (Å²) in [5.74, 6) is -0.678. The number of nitrogens with one attached hydrogen (secondary N) is 1. The Morgan fingerprint density at radius 3 is 2.87 bits per heavy atom. The maximum Gasteiger partial charge on any atom is 0.264 e. The summed E-state index contributed by atoms with van der Waals surface area (Å²) in [5, 5.41) is 0. The van der Waals surface area contributed by atoms with Gasteiger partial charge in [-0.25, -0.2) is 13.1 Å². The molecule has 1 heterocycles. The highest BCUT2D eigenvalue weighted by Gasteiger charge is 2.23. The van der Waals surface area contributed by atoms with E-state index in [-0.39, 0.29) is 11.0 Å². The topological polar surface area (TPSA) is 81.7 Å². The molecule has 2 atom stereocenters. The van der Waals surface area contributed by atoms with Crippen LogP contribution in [0.15, 0.2) is 29.2 Å². The van der Waals surface area contributed by atoms with Crippen molar-refractivity contribution in [2.45, 2.75) is 50.2 Å². The van der Waals surface area contributed by atoms with E-state index in [1.165, 1.54) is 19.1 Å². The first-order chi connectivity index (χ1) is 10.9. The smallest absolute Gasteiger partial charge is 0.264 e. The summed E-state index contributed by atoms with van der Waals surface area (Å²) in [5.41, 5.74) is 0.805. The molecule has 1 aliphatic rings. The van der Waals surface area contributed by atoms with E-state index < -0.39 is 22.0 Å². The van der Waals surface area contributed by atoms with E-state index in [1.54, 1.807) is 19.1 Å². The fourth-order valence-corrected chi connectivity index (χ4v) is 3.47. The van der Waals surface area contributed by atoms with Crippen LogP contribution in [0.5, 0.6) is 0 Å². The van der Waals surface area contributed by atoms with Gasteiger partial charge >= 0.3 is 0 Å². The van der Waals surface area contributed by atoms with Crippen molar-refractivity contribution in [2.24, 2.45) is 0 Å². The van der Waals surface area contributed by atoms with Crippen LogP contribution < -0.4 is 4.72 Å². The minimum atomic E-state index is -3.88. The van der Waals surface area contributed by atoms with Gasteiger partial charge in [0.05, 0.1) is 17.6 Å². The molecule has 6 nitrogen and oxygen atoms in total. The summed E-state index contributed by atoms with van der Waals surface area (Å²) >= 11 is 0. The predicted molar refractivity (Wildman–Crippen MR) is 85.5 cm³/mol. The third-order valence-electron chi connectivity index (χ3n) is 3.71. The lowest BCUT2D eigenvalue weighted by Crippen LogP contribution is -2.40. The van der Waals surface area contributed by atoms with E-state index in [0.717, 1.165) is 24.8 Å². The molecule has 1 fully saturated rings. The van der Waals surface area contributed by atoms with E-state index in [1.807, 2.05) is 0 Å². The van der Waals surface area contributed by atoms with Crippen molar-refractivity contribution in [1.29, 1.82) is 0 Å². The third-order valence-corrected chi connectivity index (χ3v) is 5.05. The van der Waals surface area contributed by atoms with E-state index in [4.69, 9.17) is 9.47 Å². The van der Waals surface area contributed by atoms with Gasteiger partial charge in [0.25, 0.3) is 15.9 Å². The molecule has 2 rings (SSSR count). The lowest BCUT2D eigenvalue weighted by molar-refractivity contribution is -0.133. The number of carbonyl (C=O) groups excluding carboxylic acids is 1. The Balaban J connectivity index is 1.89. The Labute approximate surface area is 137 Å². The first-order valence-corrected chi connectivity index (χ1v) is 9.23. The lowest BCUT2D eigenvalue weighted by Gasteiger charge is -2.23. The van der Waals surface area contributed by atoms with E-state index in [2.05, 4.69) is 4.72 Å². The third kappa shape index (κ3) is 5.30. The molecule has 1 aliphatic heterocycles. The molecule has 0 aromatic heterocycles. The van der Waals surface area contributed by atoms with Gasteiger partial charge in [-0.15, -0.1) is 0 Å². The molecule has 2 unspecified atom stereocenters. The van der Waals surface area contributed by atoms with Crippen molar-refractivity contribution in [3.63, 3.8) is 0 Å². The van der Waals surface area contributed by atoms with Gasteiger partial charge in [0.2, 0.25) is 0 Å². The van der Waals surface area contributed by atoms with Crippen molar-refractivity contribution < 1.29 is 22.7 Å². The second-order valence-electron chi connectivity index (χ2n) is 5.75. The van der Waals surface area contributed by atoms with Crippen LogP contribution in [-0.4, -0.2) is 39.7 Å². The van der Waals surface area contributed by atoms with Gasteiger partial charge in [-0.1, -0.05) is 12.1 Å². The van der Waals surface area contributed by atoms with Crippen LogP contribution in [0.2, 0.25) is 0 Å². The highest BCUT2D eigenvalue weighted by atomic mass is 32.2. The molecule has 1 amide bonds. The number of aryl methyl sites for hydroxylation is 1. The average Bonchev–Trinajstić information content (AvgIpc) is 2.53. The molecule has 128 valence electrons. The van der Waals surface area contributed by atoms with Crippen LogP contribution in [-0.2, 0) is 24.3 Å². The van der Waals surface area contributed by atoms with Gasteiger partial charge in [-0.05, 0) is 50.8 Å². The van der Waals surface area contributed by atoms with Gasteiger partial charge in [-0.2, -0.15) is 0 Å². The predicted octanol–water partition coefficient (Wildman–Crippen LogP) is 1.77. The molecule has 0 saturated carbocycles. The molecule has 23 heavy (non-hydrogen) atoms. The van der Waals surface area contributed by atoms with Crippen LogP contribution in [0.4, 0.5) is 0 Å². The maximum absolute atomic E-state index is 12.2. The summed E-state index contributed by atoms with van der Waals surface area (Å²) < 4.78 is 37.4. The molecule has 0 radical (unpaired) electrons. The summed E-state index contributed by atoms with van der Waals surface area (Å²) in [6.07, 6.45) is 2.14. The molecular formula is C16H23NO5S. The Bertz CT molecular complexity index is 638. The highest BCUT2D eigenvalue weighted by molar-refractivity contribution is 7.90. The Hall–Kier alpha value is -1.44. The number of amides is 1. The van der Waals surface area contributed by atoms with Crippen LogP contribution in [0.25, 0.3) is 0 Å². The van der Waals surface area contributed by atoms with Gasteiger partial charge in [0.1, 0.15) is 6.10 Å². The molecule has 1 N–H and O–H groups in total. The Kier molecular flexibility index (Phi) is 6.15. The Morgan fingerprint density at radius 1 is 1.43 bits per heavy atom. The number of hydrogen-bond donors (Lipinski definition) is 1. The van der Waals surface area contributed by atoms with Crippen LogP contribution in [0.1, 0.15) is 31.7 Å². The zero-order valence-electron chi connectivity index (χ0n) is 13.4. The highest BCUT2D eigenvalue weighted by Crippen LogP contribution is 2.14. The van der Waals surface area contributed by atoms with E-state index >= 15 is 0 Å². The molecular weight excluding hydrogens is 318 g/mol. The fraction of sp³-hybridized carbons (Fsp3) is 0.562. The SMILES string of the molecule is Cc1cccc(S(=O)(=O)NC(=O)C(C)OCC2CCCCO2)c1.